The van der Waals surface area contributed by atoms with E-state index in [0.29, 0.717) is 19.1 Å². The molecule has 0 aromatic heterocycles. The topological polar surface area (TPSA) is 45.6 Å². The van der Waals surface area contributed by atoms with Crippen LogP contribution in [0.15, 0.2) is 41.9 Å². The zero-order valence-electron chi connectivity index (χ0n) is 11.8. The van der Waals surface area contributed by atoms with Gasteiger partial charge in [0.15, 0.2) is 5.96 Å². The molecule has 0 saturated heterocycles. The maximum absolute atomic E-state index is 12.1. The molecule has 0 unspecified atom stereocenters. The van der Waals surface area contributed by atoms with Gasteiger partial charge in [-0.25, -0.2) is 8.78 Å². The number of hydrogen-bond donors (Lipinski definition) is 2. The number of nitrogens with one attached hydrogen (secondary N) is 2. The van der Waals surface area contributed by atoms with Gasteiger partial charge in [-0.2, -0.15) is 0 Å². The van der Waals surface area contributed by atoms with Crippen LogP contribution >= 0.6 is 24.0 Å². The van der Waals surface area contributed by atoms with E-state index in [1.807, 2.05) is 24.3 Å². The van der Waals surface area contributed by atoms with Gasteiger partial charge in [-0.1, -0.05) is 30.9 Å². The summed E-state index contributed by atoms with van der Waals surface area (Å²) in [5, 5.41) is 5.49. The summed E-state index contributed by atoms with van der Waals surface area (Å²) in [5.41, 5.74) is 0.911. The van der Waals surface area contributed by atoms with Crippen LogP contribution in [-0.4, -0.2) is 32.6 Å². The van der Waals surface area contributed by atoms with Crippen molar-refractivity contribution < 1.29 is 13.5 Å². The number of aliphatic imine (C=N–C) groups is 1. The van der Waals surface area contributed by atoms with Gasteiger partial charge in [-0.15, -0.1) is 24.0 Å². The highest BCUT2D eigenvalue weighted by Crippen LogP contribution is 2.17. The molecule has 1 rings (SSSR count). The molecule has 1 aromatic rings. The molecule has 0 aliphatic heterocycles. The van der Waals surface area contributed by atoms with E-state index >= 15 is 0 Å². The number of ether oxygens (including phenoxy) is 1. The highest BCUT2D eigenvalue weighted by molar-refractivity contribution is 14.0. The number of guanidine groups is 1. The third-order valence-electron chi connectivity index (χ3n) is 2.42. The third kappa shape index (κ3) is 7.84. The SMILES string of the molecule is C=CCOc1ccccc1CNC(=NC)NCC(F)F.I. The maximum atomic E-state index is 12.1. The van der Waals surface area contributed by atoms with Crippen molar-refractivity contribution in [1.82, 2.24) is 10.6 Å². The molecule has 0 spiro atoms. The molecule has 0 aliphatic rings. The molecule has 0 amide bonds. The van der Waals surface area contributed by atoms with Crippen molar-refractivity contribution >= 4 is 29.9 Å². The fourth-order valence-corrected chi connectivity index (χ4v) is 1.51. The van der Waals surface area contributed by atoms with Crippen molar-refractivity contribution in [1.29, 1.82) is 0 Å². The molecule has 0 atom stereocenters. The van der Waals surface area contributed by atoms with Gasteiger partial charge in [0.2, 0.25) is 0 Å². The summed E-state index contributed by atoms with van der Waals surface area (Å²) in [4.78, 5) is 3.87. The van der Waals surface area contributed by atoms with Crippen LogP contribution < -0.4 is 15.4 Å². The Hall–Kier alpha value is -1.38. The third-order valence-corrected chi connectivity index (χ3v) is 2.42. The van der Waals surface area contributed by atoms with Crippen LogP contribution in [0.1, 0.15) is 5.56 Å². The molecule has 0 radical (unpaired) electrons. The van der Waals surface area contributed by atoms with Gasteiger partial charge in [-0.3, -0.25) is 4.99 Å². The first-order chi connectivity index (χ1) is 9.67. The van der Waals surface area contributed by atoms with E-state index in [4.69, 9.17) is 4.74 Å². The number of para-hydroxylation sites is 1. The van der Waals surface area contributed by atoms with Crippen molar-refractivity contribution in [2.24, 2.45) is 4.99 Å². The number of halogens is 3. The number of benzene rings is 1. The standard InChI is InChI=1S/C14H19F2N3O.HI/c1-3-8-20-12-7-5-4-6-11(12)9-18-14(17-2)19-10-13(15)16;/h3-7,13H,1,8-10H2,2H3,(H2,17,18,19);1H. The van der Waals surface area contributed by atoms with Gasteiger partial charge in [0.05, 0.1) is 6.54 Å². The van der Waals surface area contributed by atoms with E-state index in [-0.39, 0.29) is 24.0 Å². The lowest BCUT2D eigenvalue weighted by Gasteiger charge is -2.14. The van der Waals surface area contributed by atoms with Crippen molar-refractivity contribution in [2.75, 3.05) is 20.2 Å². The second-order valence-electron chi connectivity index (χ2n) is 3.91. The minimum atomic E-state index is -2.42. The lowest BCUT2D eigenvalue weighted by atomic mass is 10.2. The normalized spacial score (nSPS) is 10.8. The molecule has 4 nitrogen and oxygen atoms in total. The van der Waals surface area contributed by atoms with Crippen LogP contribution in [0.3, 0.4) is 0 Å². The summed E-state index contributed by atoms with van der Waals surface area (Å²) < 4.78 is 29.8. The van der Waals surface area contributed by atoms with Gasteiger partial charge in [0.1, 0.15) is 12.4 Å². The summed E-state index contributed by atoms with van der Waals surface area (Å²) >= 11 is 0. The van der Waals surface area contributed by atoms with E-state index in [1.54, 1.807) is 6.08 Å². The minimum absolute atomic E-state index is 0. The van der Waals surface area contributed by atoms with Gasteiger partial charge in [-0.05, 0) is 6.07 Å². The van der Waals surface area contributed by atoms with Crippen molar-refractivity contribution in [3.05, 3.63) is 42.5 Å². The van der Waals surface area contributed by atoms with Crippen LogP contribution in [0.4, 0.5) is 8.78 Å². The average molecular weight is 411 g/mol. The largest absolute Gasteiger partial charge is 0.489 e. The molecule has 0 fully saturated rings. The monoisotopic (exact) mass is 411 g/mol. The Balaban J connectivity index is 0.00000400. The Labute approximate surface area is 140 Å². The zero-order chi connectivity index (χ0) is 14.8. The molecule has 0 bridgehead atoms. The molecule has 21 heavy (non-hydrogen) atoms. The molecule has 7 heteroatoms. The summed E-state index contributed by atoms with van der Waals surface area (Å²) in [7, 11) is 1.53. The first-order valence-electron chi connectivity index (χ1n) is 6.21. The van der Waals surface area contributed by atoms with Crippen LogP contribution in [0, 0.1) is 0 Å². The van der Waals surface area contributed by atoms with Crippen LogP contribution in [0.5, 0.6) is 5.75 Å². The predicted molar refractivity (Wildman–Crippen MR) is 91.8 cm³/mol. The molecule has 0 aliphatic carbocycles. The van der Waals surface area contributed by atoms with E-state index in [1.165, 1.54) is 7.05 Å². The zero-order valence-corrected chi connectivity index (χ0v) is 14.1. The van der Waals surface area contributed by atoms with Crippen molar-refractivity contribution in [3.63, 3.8) is 0 Å². The summed E-state index contributed by atoms with van der Waals surface area (Å²) in [6.45, 7) is 4.00. The van der Waals surface area contributed by atoms with E-state index < -0.39 is 13.0 Å². The van der Waals surface area contributed by atoms with E-state index in [9.17, 15) is 8.78 Å². The van der Waals surface area contributed by atoms with Crippen molar-refractivity contribution in [3.8, 4) is 5.75 Å². The van der Waals surface area contributed by atoms with Gasteiger partial charge in [0.25, 0.3) is 6.43 Å². The van der Waals surface area contributed by atoms with Crippen molar-refractivity contribution in [2.45, 2.75) is 13.0 Å². The Morgan fingerprint density at radius 1 is 1.38 bits per heavy atom. The number of rotatable bonds is 7. The fraction of sp³-hybridized carbons (Fsp3) is 0.357. The summed E-state index contributed by atoms with van der Waals surface area (Å²) in [6.07, 6.45) is -0.760. The van der Waals surface area contributed by atoms with E-state index in [2.05, 4.69) is 22.2 Å². The number of alkyl halides is 2. The fourth-order valence-electron chi connectivity index (χ4n) is 1.51. The molecule has 118 valence electrons. The highest BCUT2D eigenvalue weighted by Gasteiger charge is 2.06. The van der Waals surface area contributed by atoms with Gasteiger partial charge >= 0.3 is 0 Å². The van der Waals surface area contributed by atoms with Crippen LogP contribution in [-0.2, 0) is 6.54 Å². The Morgan fingerprint density at radius 3 is 2.71 bits per heavy atom. The minimum Gasteiger partial charge on any atom is -0.489 e. The smallest absolute Gasteiger partial charge is 0.255 e. The molecular formula is C14H20F2IN3O. The Kier molecular flexibility index (Phi) is 10.6. The quantitative estimate of drug-likeness (QED) is 0.314. The van der Waals surface area contributed by atoms with Gasteiger partial charge in [0, 0.05) is 19.2 Å². The highest BCUT2D eigenvalue weighted by atomic mass is 127. The van der Waals surface area contributed by atoms with Crippen LogP contribution in [0.2, 0.25) is 0 Å². The van der Waals surface area contributed by atoms with E-state index in [0.717, 1.165) is 11.3 Å². The number of nitrogens with zero attached hydrogens (tertiary/aromatic N) is 1. The average Bonchev–Trinajstić information content (AvgIpc) is 2.46. The van der Waals surface area contributed by atoms with Crippen LogP contribution in [0.25, 0.3) is 0 Å². The summed E-state index contributed by atoms with van der Waals surface area (Å²) in [6, 6.07) is 7.49. The Morgan fingerprint density at radius 2 is 2.10 bits per heavy atom. The second-order valence-corrected chi connectivity index (χ2v) is 3.91. The first-order valence-corrected chi connectivity index (χ1v) is 6.21. The summed E-state index contributed by atoms with van der Waals surface area (Å²) in [5.74, 6) is 1.05. The lowest BCUT2D eigenvalue weighted by Crippen LogP contribution is -2.39. The molecule has 1 aromatic carbocycles. The molecular weight excluding hydrogens is 391 g/mol. The Bertz CT molecular complexity index is 456. The molecule has 2 N–H and O–H groups in total. The lowest BCUT2D eigenvalue weighted by molar-refractivity contribution is 0.152. The second kappa shape index (κ2) is 11.3. The molecule has 0 saturated carbocycles. The maximum Gasteiger partial charge on any atom is 0.255 e. The molecule has 0 heterocycles. The first kappa shape index (κ1) is 19.6. The predicted octanol–water partition coefficient (Wildman–Crippen LogP) is 2.80. The van der Waals surface area contributed by atoms with Gasteiger partial charge < -0.3 is 15.4 Å². The number of hydrogen-bond acceptors (Lipinski definition) is 2.